The molecule has 0 saturated carbocycles. The van der Waals surface area contributed by atoms with E-state index in [0.717, 1.165) is 70.1 Å². The summed E-state index contributed by atoms with van der Waals surface area (Å²) in [6, 6.07) is 14.3. The van der Waals surface area contributed by atoms with Gasteiger partial charge in [0.05, 0.1) is 12.4 Å². The van der Waals surface area contributed by atoms with Crippen LogP contribution < -0.4 is 10.2 Å². The second kappa shape index (κ2) is 12.7. The highest BCUT2D eigenvalue weighted by atomic mass is 127. The van der Waals surface area contributed by atoms with Crippen molar-refractivity contribution in [2.24, 2.45) is 4.99 Å². The molecule has 1 aromatic heterocycles. The number of benzene rings is 1. The van der Waals surface area contributed by atoms with E-state index in [1.54, 1.807) is 6.26 Å². The van der Waals surface area contributed by atoms with Gasteiger partial charge in [-0.25, -0.2) is 0 Å². The van der Waals surface area contributed by atoms with E-state index >= 15 is 0 Å². The number of aliphatic hydroxyl groups excluding tert-OH is 1. The number of rotatable bonds is 8. The monoisotopic (exact) mass is 512 g/mol. The lowest BCUT2D eigenvalue weighted by atomic mass is 10.1. The molecule has 0 spiro atoms. The third-order valence-electron chi connectivity index (χ3n) is 5.11. The van der Waals surface area contributed by atoms with Crippen LogP contribution >= 0.6 is 24.0 Å². The molecule has 3 rings (SSSR count). The Bertz CT molecular complexity index is 701. The third kappa shape index (κ3) is 7.89. The maximum Gasteiger partial charge on any atom is 0.193 e. The topological polar surface area (TPSA) is 64.2 Å². The van der Waals surface area contributed by atoms with Crippen molar-refractivity contribution in [1.82, 2.24) is 10.2 Å². The molecule has 0 atom stereocenters. The van der Waals surface area contributed by atoms with Crippen molar-refractivity contribution in [3.63, 3.8) is 0 Å². The van der Waals surface area contributed by atoms with Crippen LogP contribution in [0.5, 0.6) is 0 Å². The average molecular weight is 512 g/mol. The van der Waals surface area contributed by atoms with E-state index < -0.39 is 0 Å². The molecule has 7 heteroatoms. The molecule has 2 heterocycles. The summed E-state index contributed by atoms with van der Waals surface area (Å²) in [4.78, 5) is 9.37. The summed E-state index contributed by atoms with van der Waals surface area (Å²) in [5, 5.41) is 13.3. The van der Waals surface area contributed by atoms with Gasteiger partial charge in [0, 0.05) is 51.9 Å². The molecule has 2 N–H and O–H groups in total. The molecular weight excluding hydrogens is 479 g/mol. The van der Waals surface area contributed by atoms with Crippen molar-refractivity contribution in [2.75, 3.05) is 44.7 Å². The first-order chi connectivity index (χ1) is 13.7. The number of aliphatic imine (C=N–C) groups is 1. The predicted octanol–water partition coefficient (Wildman–Crippen LogP) is 3.37. The number of nitrogens with zero attached hydrogens (tertiary/aromatic N) is 3. The van der Waals surface area contributed by atoms with Gasteiger partial charge in [-0.1, -0.05) is 18.2 Å². The number of furan rings is 1. The molecule has 0 radical (unpaired) electrons. The molecule has 1 aliphatic heterocycles. The van der Waals surface area contributed by atoms with Gasteiger partial charge in [0.1, 0.15) is 5.76 Å². The van der Waals surface area contributed by atoms with Gasteiger partial charge in [0.25, 0.3) is 0 Å². The molecule has 0 amide bonds. The Balaban J connectivity index is 0.00000300. The molecular formula is C22H33IN4O2. The van der Waals surface area contributed by atoms with Crippen LogP contribution in [0.25, 0.3) is 0 Å². The predicted molar refractivity (Wildman–Crippen MR) is 129 cm³/mol. The van der Waals surface area contributed by atoms with E-state index in [9.17, 15) is 5.11 Å². The number of hydrogen-bond acceptors (Lipinski definition) is 4. The van der Waals surface area contributed by atoms with Gasteiger partial charge < -0.3 is 24.6 Å². The minimum Gasteiger partial charge on any atom is -0.469 e. The first-order valence-corrected chi connectivity index (χ1v) is 10.2. The van der Waals surface area contributed by atoms with E-state index in [2.05, 4.69) is 46.4 Å². The van der Waals surface area contributed by atoms with Crippen LogP contribution in [0.3, 0.4) is 0 Å². The smallest absolute Gasteiger partial charge is 0.193 e. The van der Waals surface area contributed by atoms with Crippen molar-refractivity contribution in [1.29, 1.82) is 0 Å². The number of aliphatic hydroxyl groups is 1. The first-order valence-electron chi connectivity index (χ1n) is 10.2. The zero-order chi connectivity index (χ0) is 19.6. The molecule has 1 fully saturated rings. The summed E-state index contributed by atoms with van der Waals surface area (Å²) < 4.78 is 5.41. The van der Waals surface area contributed by atoms with Crippen molar-refractivity contribution in [3.05, 3.63) is 54.5 Å². The van der Waals surface area contributed by atoms with E-state index in [0.29, 0.717) is 0 Å². The quantitative estimate of drug-likeness (QED) is 0.246. The normalized spacial score (nSPS) is 15.1. The SMILES string of the molecule is CN(CCCN=C(NCCc1ccco1)N1CCC(O)CC1)c1ccccc1.I. The number of anilines is 1. The average Bonchev–Trinajstić information content (AvgIpc) is 3.24. The zero-order valence-corrected chi connectivity index (χ0v) is 19.5. The number of para-hydroxylation sites is 1. The molecule has 160 valence electrons. The Kier molecular flexibility index (Phi) is 10.3. The molecule has 6 nitrogen and oxygen atoms in total. The molecule has 0 aliphatic carbocycles. The molecule has 0 bridgehead atoms. The molecule has 0 unspecified atom stereocenters. The maximum atomic E-state index is 9.79. The van der Waals surface area contributed by atoms with Gasteiger partial charge >= 0.3 is 0 Å². The summed E-state index contributed by atoms with van der Waals surface area (Å²) >= 11 is 0. The van der Waals surface area contributed by atoms with Crippen LogP contribution in [0.15, 0.2) is 58.1 Å². The summed E-state index contributed by atoms with van der Waals surface area (Å²) in [6.07, 6.45) is 4.95. The Morgan fingerprint density at radius 1 is 1.21 bits per heavy atom. The lowest BCUT2D eigenvalue weighted by Gasteiger charge is -2.32. The largest absolute Gasteiger partial charge is 0.469 e. The van der Waals surface area contributed by atoms with Crippen LogP contribution in [-0.4, -0.2) is 61.8 Å². The molecule has 1 aliphatic rings. The van der Waals surface area contributed by atoms with Crippen molar-refractivity contribution in [3.8, 4) is 0 Å². The van der Waals surface area contributed by atoms with Crippen molar-refractivity contribution >= 4 is 35.6 Å². The molecule has 29 heavy (non-hydrogen) atoms. The minimum absolute atomic E-state index is 0. The van der Waals surface area contributed by atoms with E-state index in [-0.39, 0.29) is 30.1 Å². The van der Waals surface area contributed by atoms with Crippen LogP contribution in [0.2, 0.25) is 0 Å². The van der Waals surface area contributed by atoms with Gasteiger partial charge in [0.2, 0.25) is 0 Å². The number of guanidine groups is 1. The Labute approximate surface area is 191 Å². The maximum absolute atomic E-state index is 9.79. The highest BCUT2D eigenvalue weighted by Gasteiger charge is 2.19. The van der Waals surface area contributed by atoms with Gasteiger partial charge in [-0.15, -0.1) is 24.0 Å². The fourth-order valence-electron chi connectivity index (χ4n) is 3.40. The van der Waals surface area contributed by atoms with Gasteiger partial charge in [0.15, 0.2) is 5.96 Å². The highest BCUT2D eigenvalue weighted by Crippen LogP contribution is 2.12. The number of nitrogens with one attached hydrogen (secondary N) is 1. The molecule has 1 saturated heterocycles. The number of likely N-dealkylation sites (tertiary alicyclic amines) is 1. The summed E-state index contributed by atoms with van der Waals surface area (Å²) in [5.41, 5.74) is 1.23. The van der Waals surface area contributed by atoms with Crippen LogP contribution in [0, 0.1) is 0 Å². The number of piperidine rings is 1. The Morgan fingerprint density at radius 3 is 2.66 bits per heavy atom. The molecule has 2 aromatic rings. The van der Waals surface area contributed by atoms with Gasteiger partial charge in [-0.2, -0.15) is 0 Å². The van der Waals surface area contributed by atoms with Crippen molar-refractivity contribution < 1.29 is 9.52 Å². The Morgan fingerprint density at radius 2 is 1.97 bits per heavy atom. The summed E-state index contributed by atoms with van der Waals surface area (Å²) in [7, 11) is 2.12. The fraction of sp³-hybridized carbons (Fsp3) is 0.500. The third-order valence-corrected chi connectivity index (χ3v) is 5.11. The van der Waals surface area contributed by atoms with E-state index in [4.69, 9.17) is 9.41 Å². The zero-order valence-electron chi connectivity index (χ0n) is 17.2. The number of hydrogen-bond donors (Lipinski definition) is 2. The lowest BCUT2D eigenvalue weighted by Crippen LogP contribution is -2.47. The van der Waals surface area contributed by atoms with Gasteiger partial charge in [-0.3, -0.25) is 4.99 Å². The fourth-order valence-corrected chi connectivity index (χ4v) is 3.40. The Hall–Kier alpha value is -1.74. The number of halogens is 1. The van der Waals surface area contributed by atoms with Crippen LogP contribution in [0.4, 0.5) is 5.69 Å². The molecule has 1 aromatic carbocycles. The highest BCUT2D eigenvalue weighted by molar-refractivity contribution is 14.0. The first kappa shape index (κ1) is 23.5. The second-order valence-electron chi connectivity index (χ2n) is 7.29. The van der Waals surface area contributed by atoms with Crippen LogP contribution in [0.1, 0.15) is 25.0 Å². The minimum atomic E-state index is -0.180. The van der Waals surface area contributed by atoms with Gasteiger partial charge in [-0.05, 0) is 43.5 Å². The van der Waals surface area contributed by atoms with E-state index in [1.165, 1.54) is 5.69 Å². The lowest BCUT2D eigenvalue weighted by molar-refractivity contribution is 0.108. The summed E-state index contributed by atoms with van der Waals surface area (Å²) in [5.74, 6) is 1.92. The van der Waals surface area contributed by atoms with E-state index in [1.807, 2.05) is 18.2 Å². The summed E-state index contributed by atoms with van der Waals surface area (Å²) in [6.45, 7) is 4.22. The second-order valence-corrected chi connectivity index (χ2v) is 7.29. The van der Waals surface area contributed by atoms with Crippen molar-refractivity contribution in [2.45, 2.75) is 31.8 Å². The standard InChI is InChI=1S/C22H32N4O2.HI/c1-25(19-7-3-2-4-8-19)15-6-13-23-22(26-16-11-20(27)12-17-26)24-14-10-21-9-5-18-28-21;/h2-5,7-9,18,20,27H,6,10-17H2,1H3,(H,23,24);1H. The van der Waals surface area contributed by atoms with Crippen LogP contribution in [-0.2, 0) is 6.42 Å².